The normalized spacial score (nSPS) is 14.1. The number of benzene rings is 1. The number of hydrogen-bond donors (Lipinski definition) is 1. The number of aromatic nitrogens is 1. The summed E-state index contributed by atoms with van der Waals surface area (Å²) in [6.45, 7) is 2.24. The summed E-state index contributed by atoms with van der Waals surface area (Å²) in [5.41, 5.74) is 9.04. The molecule has 0 fully saturated rings. The summed E-state index contributed by atoms with van der Waals surface area (Å²) < 4.78 is 5.26. The molecule has 17 heavy (non-hydrogen) atoms. The molecule has 0 saturated heterocycles. The van der Waals surface area contributed by atoms with Crippen LogP contribution in [0.3, 0.4) is 0 Å². The zero-order valence-electron chi connectivity index (χ0n) is 9.60. The zero-order valence-corrected chi connectivity index (χ0v) is 9.60. The van der Waals surface area contributed by atoms with Crippen LogP contribution in [-0.4, -0.2) is 11.7 Å². The minimum Gasteiger partial charge on any atom is -0.363 e. The monoisotopic (exact) mass is 229 g/mol. The summed E-state index contributed by atoms with van der Waals surface area (Å²) in [7, 11) is 0. The van der Waals surface area contributed by atoms with Crippen molar-refractivity contribution in [2.45, 2.75) is 19.5 Å². The fourth-order valence-electron chi connectivity index (χ4n) is 2.29. The molecule has 1 aliphatic heterocycles. The van der Waals surface area contributed by atoms with Gasteiger partial charge in [-0.25, -0.2) is 0 Å². The molecule has 0 atom stereocenters. The molecule has 2 N–H and O–H groups in total. The van der Waals surface area contributed by atoms with Crippen LogP contribution in [0.1, 0.15) is 17.0 Å². The van der Waals surface area contributed by atoms with Gasteiger partial charge in [-0.1, -0.05) is 23.4 Å². The van der Waals surface area contributed by atoms with Crippen LogP contribution in [-0.2, 0) is 19.5 Å². The topological polar surface area (TPSA) is 55.3 Å². The Hall–Kier alpha value is -1.81. The third kappa shape index (κ3) is 1.91. The Kier molecular flexibility index (Phi) is 2.57. The van der Waals surface area contributed by atoms with Crippen LogP contribution in [0.2, 0.25) is 0 Å². The van der Waals surface area contributed by atoms with E-state index in [0.29, 0.717) is 6.54 Å². The lowest BCUT2D eigenvalue weighted by Crippen LogP contribution is -2.19. The fraction of sp³-hybridized carbons (Fsp3) is 0.308. The third-order valence-electron chi connectivity index (χ3n) is 3.15. The van der Waals surface area contributed by atoms with Crippen molar-refractivity contribution in [3.63, 3.8) is 0 Å². The van der Waals surface area contributed by atoms with E-state index >= 15 is 0 Å². The highest BCUT2D eigenvalue weighted by atomic mass is 16.5. The third-order valence-corrected chi connectivity index (χ3v) is 3.15. The van der Waals surface area contributed by atoms with E-state index in [4.69, 9.17) is 10.3 Å². The van der Waals surface area contributed by atoms with Crippen LogP contribution < -0.4 is 10.6 Å². The number of hydrogen-bond acceptors (Lipinski definition) is 4. The van der Waals surface area contributed by atoms with Gasteiger partial charge in [-0.05, 0) is 18.1 Å². The first-order chi connectivity index (χ1) is 8.36. The molecule has 0 bridgehead atoms. The maximum absolute atomic E-state index is 5.51. The largest absolute Gasteiger partial charge is 0.363 e. The second-order valence-corrected chi connectivity index (χ2v) is 4.29. The predicted molar refractivity (Wildman–Crippen MR) is 65.6 cm³/mol. The van der Waals surface area contributed by atoms with Gasteiger partial charge in [0.2, 0.25) is 0 Å². The first-order valence-corrected chi connectivity index (χ1v) is 5.84. The molecular weight excluding hydrogens is 214 g/mol. The van der Waals surface area contributed by atoms with Crippen molar-refractivity contribution in [3.05, 3.63) is 47.3 Å². The average Bonchev–Trinajstić information content (AvgIpc) is 2.97. The van der Waals surface area contributed by atoms with Gasteiger partial charge in [-0.2, -0.15) is 0 Å². The van der Waals surface area contributed by atoms with Gasteiger partial charge in [0.05, 0.1) is 12.2 Å². The molecular formula is C13H15N3O. The van der Waals surface area contributed by atoms with Gasteiger partial charge >= 0.3 is 0 Å². The molecule has 88 valence electrons. The lowest BCUT2D eigenvalue weighted by atomic mass is 10.2. The van der Waals surface area contributed by atoms with Crippen molar-refractivity contribution in [1.29, 1.82) is 0 Å². The minimum atomic E-state index is 0.431. The van der Waals surface area contributed by atoms with Gasteiger partial charge in [0.25, 0.3) is 0 Å². The summed E-state index contributed by atoms with van der Waals surface area (Å²) in [4.78, 5) is 2.32. The number of fused-ring (bicyclic) bond motifs is 1. The maximum atomic E-state index is 5.51. The molecule has 0 spiro atoms. The number of nitrogens with two attached hydrogens (primary N) is 1. The van der Waals surface area contributed by atoms with Crippen LogP contribution >= 0.6 is 0 Å². The van der Waals surface area contributed by atoms with Gasteiger partial charge in [-0.15, -0.1) is 0 Å². The Morgan fingerprint density at radius 2 is 2.24 bits per heavy atom. The summed E-state index contributed by atoms with van der Waals surface area (Å²) in [6, 6.07) is 10.4. The Morgan fingerprint density at radius 1 is 1.35 bits per heavy atom. The van der Waals surface area contributed by atoms with Crippen molar-refractivity contribution in [2.24, 2.45) is 5.73 Å². The number of nitrogens with zero attached hydrogens (tertiary/aromatic N) is 2. The van der Waals surface area contributed by atoms with Gasteiger partial charge in [0.1, 0.15) is 0 Å². The number of anilines is 1. The second kappa shape index (κ2) is 4.22. The first kappa shape index (κ1) is 10.4. The molecule has 3 rings (SSSR count). The maximum Gasteiger partial charge on any atom is 0.156 e. The van der Waals surface area contributed by atoms with Gasteiger partial charge < -0.3 is 15.2 Å². The van der Waals surface area contributed by atoms with E-state index in [9.17, 15) is 0 Å². The Bertz CT molecular complexity index is 521. The molecule has 2 aromatic rings. The van der Waals surface area contributed by atoms with E-state index in [1.165, 1.54) is 11.3 Å². The fourth-order valence-corrected chi connectivity index (χ4v) is 2.29. The van der Waals surface area contributed by atoms with Crippen LogP contribution in [0, 0.1) is 0 Å². The SMILES string of the molecule is NCc1cc(CN2CCc3ccccc32)on1. The van der Waals surface area contributed by atoms with Crippen molar-refractivity contribution >= 4 is 5.69 Å². The summed E-state index contributed by atoms with van der Waals surface area (Å²) in [6.07, 6.45) is 1.11. The van der Waals surface area contributed by atoms with E-state index in [2.05, 4.69) is 34.3 Å². The van der Waals surface area contributed by atoms with Crippen molar-refractivity contribution in [1.82, 2.24) is 5.16 Å². The predicted octanol–water partition coefficient (Wildman–Crippen LogP) is 1.70. The highest BCUT2D eigenvalue weighted by molar-refractivity contribution is 5.57. The Balaban J connectivity index is 1.79. The van der Waals surface area contributed by atoms with Gasteiger partial charge in [0, 0.05) is 24.8 Å². The zero-order chi connectivity index (χ0) is 11.7. The molecule has 1 aliphatic rings. The van der Waals surface area contributed by atoms with Crippen molar-refractivity contribution < 1.29 is 4.52 Å². The summed E-state index contributed by atoms with van der Waals surface area (Å²) >= 11 is 0. The van der Waals surface area contributed by atoms with E-state index < -0.39 is 0 Å². The van der Waals surface area contributed by atoms with Crippen LogP contribution in [0.5, 0.6) is 0 Å². The van der Waals surface area contributed by atoms with E-state index in [1.54, 1.807) is 0 Å². The van der Waals surface area contributed by atoms with Crippen molar-refractivity contribution in [2.75, 3.05) is 11.4 Å². The standard InChI is InChI=1S/C13H15N3O/c14-8-11-7-12(17-15-11)9-16-6-5-10-3-1-2-4-13(10)16/h1-4,7H,5-6,8-9,14H2. The highest BCUT2D eigenvalue weighted by Crippen LogP contribution is 2.28. The quantitative estimate of drug-likeness (QED) is 0.870. The van der Waals surface area contributed by atoms with Gasteiger partial charge in [-0.3, -0.25) is 0 Å². The molecule has 0 amide bonds. The van der Waals surface area contributed by atoms with E-state index in [0.717, 1.165) is 31.0 Å². The van der Waals surface area contributed by atoms with Crippen LogP contribution in [0.25, 0.3) is 0 Å². The lowest BCUT2D eigenvalue weighted by molar-refractivity contribution is 0.376. The van der Waals surface area contributed by atoms with E-state index in [1.807, 2.05) is 6.07 Å². The molecule has 4 nitrogen and oxygen atoms in total. The van der Waals surface area contributed by atoms with Crippen LogP contribution in [0.15, 0.2) is 34.9 Å². The van der Waals surface area contributed by atoms with Crippen molar-refractivity contribution in [3.8, 4) is 0 Å². The molecule has 1 aromatic heterocycles. The Morgan fingerprint density at radius 3 is 3.06 bits per heavy atom. The first-order valence-electron chi connectivity index (χ1n) is 5.84. The van der Waals surface area contributed by atoms with Crippen LogP contribution in [0.4, 0.5) is 5.69 Å². The average molecular weight is 229 g/mol. The number of rotatable bonds is 3. The second-order valence-electron chi connectivity index (χ2n) is 4.29. The lowest BCUT2D eigenvalue weighted by Gasteiger charge is -2.17. The highest BCUT2D eigenvalue weighted by Gasteiger charge is 2.19. The van der Waals surface area contributed by atoms with E-state index in [-0.39, 0.29) is 0 Å². The molecule has 2 heterocycles. The molecule has 0 radical (unpaired) electrons. The summed E-state index contributed by atoms with van der Waals surface area (Å²) in [5, 5.41) is 3.91. The molecule has 0 saturated carbocycles. The summed E-state index contributed by atoms with van der Waals surface area (Å²) in [5.74, 6) is 0.877. The molecule has 1 aromatic carbocycles. The number of para-hydroxylation sites is 1. The Labute approximate surface area is 100 Å². The molecule has 0 aliphatic carbocycles. The van der Waals surface area contributed by atoms with Gasteiger partial charge in [0.15, 0.2) is 5.76 Å². The smallest absolute Gasteiger partial charge is 0.156 e. The molecule has 0 unspecified atom stereocenters. The minimum absolute atomic E-state index is 0.431. The molecule has 4 heteroatoms.